The van der Waals surface area contributed by atoms with Gasteiger partial charge in [0.05, 0.1) is 0 Å². The molecule has 1 saturated heterocycles. The van der Waals surface area contributed by atoms with Gasteiger partial charge in [-0.3, -0.25) is 9.79 Å². The molecule has 0 bridgehead atoms. The Morgan fingerprint density at radius 3 is 2.56 bits per heavy atom. The summed E-state index contributed by atoms with van der Waals surface area (Å²) in [5.41, 5.74) is 7.21. The number of amides is 1. The molecule has 1 aliphatic heterocycles. The molecular weight excluding hydrogens is 364 g/mol. The van der Waals surface area contributed by atoms with Crippen LogP contribution in [0.1, 0.15) is 30.2 Å². The van der Waals surface area contributed by atoms with Crippen molar-refractivity contribution >= 4 is 27.5 Å². The minimum absolute atomic E-state index is 0.0666. The van der Waals surface area contributed by atoms with Crippen molar-refractivity contribution in [2.45, 2.75) is 31.6 Å². The Morgan fingerprint density at radius 1 is 1.22 bits per heavy atom. The van der Waals surface area contributed by atoms with Crippen LogP contribution in [0, 0.1) is 0 Å². The third-order valence-corrected chi connectivity index (χ3v) is 6.57. The zero-order chi connectivity index (χ0) is 19.6. The van der Waals surface area contributed by atoms with Gasteiger partial charge in [0.2, 0.25) is 0 Å². The molecule has 142 valence electrons. The molecule has 1 aromatic heterocycles. The number of hydrogen-bond acceptors (Lipinski definition) is 6. The molecule has 2 aromatic rings. The lowest BCUT2D eigenvalue weighted by Gasteiger charge is -2.19. The van der Waals surface area contributed by atoms with E-state index in [-0.39, 0.29) is 12.3 Å². The van der Waals surface area contributed by atoms with Crippen molar-refractivity contribution in [3.8, 4) is 0 Å². The normalized spacial score (nSPS) is 20.6. The van der Waals surface area contributed by atoms with Gasteiger partial charge < -0.3 is 5.73 Å². The van der Waals surface area contributed by atoms with Crippen molar-refractivity contribution in [2.24, 2.45) is 4.99 Å². The number of aromatic nitrogens is 1. The topological polar surface area (TPSA) is 106 Å². The van der Waals surface area contributed by atoms with E-state index in [0.717, 1.165) is 9.87 Å². The highest BCUT2D eigenvalue weighted by Gasteiger charge is 2.51. The van der Waals surface area contributed by atoms with E-state index in [0.29, 0.717) is 17.8 Å². The highest BCUT2D eigenvalue weighted by molar-refractivity contribution is 7.91. The van der Waals surface area contributed by atoms with Gasteiger partial charge >= 0.3 is 0 Å². The van der Waals surface area contributed by atoms with Crippen LogP contribution in [0.2, 0.25) is 0 Å². The third-order valence-electron chi connectivity index (χ3n) is 4.34. The number of benzene rings is 1. The Labute approximate surface area is 159 Å². The van der Waals surface area contributed by atoms with Gasteiger partial charge in [0.25, 0.3) is 15.9 Å². The largest absolute Gasteiger partial charge is 0.384 e. The number of hydrogen-bond donors (Lipinski definition) is 1. The van der Waals surface area contributed by atoms with E-state index in [1.54, 1.807) is 56.4 Å². The number of nitrogen functional groups attached to an aromatic ring is 1. The van der Waals surface area contributed by atoms with Crippen LogP contribution < -0.4 is 5.73 Å². The van der Waals surface area contributed by atoms with Gasteiger partial charge in [0.15, 0.2) is 5.25 Å². The lowest BCUT2D eigenvalue weighted by Crippen LogP contribution is -2.37. The number of nitrogens with two attached hydrogens (primary N) is 1. The van der Waals surface area contributed by atoms with E-state index >= 15 is 0 Å². The van der Waals surface area contributed by atoms with E-state index in [1.807, 2.05) is 6.07 Å². The van der Waals surface area contributed by atoms with E-state index in [2.05, 4.69) is 9.98 Å². The summed E-state index contributed by atoms with van der Waals surface area (Å²) in [4.78, 5) is 21.2. The molecule has 0 radical (unpaired) electrons. The number of carbonyl (C=O) groups is 1. The van der Waals surface area contributed by atoms with E-state index in [1.165, 1.54) is 0 Å². The third kappa shape index (κ3) is 3.71. The zero-order valence-electron chi connectivity index (χ0n) is 15.2. The second-order valence-electron chi connectivity index (χ2n) is 6.64. The SMILES string of the molecule is CC(C)N1C(=O)C(=NCCc2ccnc(N)c2)C(c2ccccc2)S1(=O)=O. The van der Waals surface area contributed by atoms with Gasteiger partial charge in [-0.1, -0.05) is 30.3 Å². The first kappa shape index (κ1) is 19.0. The van der Waals surface area contributed by atoms with Crippen LogP contribution in [0.4, 0.5) is 5.82 Å². The predicted molar refractivity (Wildman–Crippen MR) is 105 cm³/mol. The maximum absolute atomic E-state index is 13.0. The summed E-state index contributed by atoms with van der Waals surface area (Å²) in [6.45, 7) is 3.65. The quantitative estimate of drug-likeness (QED) is 0.846. The second-order valence-corrected chi connectivity index (χ2v) is 8.53. The Morgan fingerprint density at radius 2 is 1.93 bits per heavy atom. The van der Waals surface area contributed by atoms with Crippen LogP contribution in [0.25, 0.3) is 0 Å². The molecule has 1 aromatic carbocycles. The number of anilines is 1. The zero-order valence-corrected chi connectivity index (χ0v) is 16.1. The Hall–Kier alpha value is -2.74. The lowest BCUT2D eigenvalue weighted by molar-refractivity contribution is -0.120. The summed E-state index contributed by atoms with van der Waals surface area (Å²) < 4.78 is 27.0. The van der Waals surface area contributed by atoms with Crippen LogP contribution in [0.15, 0.2) is 53.7 Å². The van der Waals surface area contributed by atoms with Gasteiger partial charge in [-0.25, -0.2) is 17.7 Å². The Kier molecular flexibility index (Phi) is 5.27. The summed E-state index contributed by atoms with van der Waals surface area (Å²) in [7, 11) is -3.86. The fraction of sp³-hybridized carbons (Fsp3) is 0.316. The smallest absolute Gasteiger partial charge is 0.283 e. The van der Waals surface area contributed by atoms with Crippen molar-refractivity contribution in [2.75, 3.05) is 12.3 Å². The molecule has 2 N–H and O–H groups in total. The lowest BCUT2D eigenvalue weighted by atomic mass is 10.1. The summed E-state index contributed by atoms with van der Waals surface area (Å²) in [5.74, 6) is -0.138. The van der Waals surface area contributed by atoms with Gasteiger partial charge in [-0.2, -0.15) is 0 Å². The van der Waals surface area contributed by atoms with Crippen molar-refractivity contribution in [1.29, 1.82) is 0 Å². The highest BCUT2D eigenvalue weighted by atomic mass is 32.2. The number of rotatable bonds is 5. The summed E-state index contributed by atoms with van der Waals surface area (Å²) in [6.07, 6.45) is 2.14. The number of sulfonamides is 1. The predicted octanol–water partition coefficient (Wildman–Crippen LogP) is 1.97. The molecule has 0 aliphatic carbocycles. The van der Waals surface area contributed by atoms with Crippen LogP contribution in [0.3, 0.4) is 0 Å². The van der Waals surface area contributed by atoms with Crippen molar-refractivity contribution in [1.82, 2.24) is 9.29 Å². The van der Waals surface area contributed by atoms with Crippen molar-refractivity contribution in [3.63, 3.8) is 0 Å². The molecule has 2 heterocycles. The molecule has 1 aliphatic rings. The maximum atomic E-state index is 13.0. The number of carbonyl (C=O) groups excluding carboxylic acids is 1. The molecule has 1 unspecified atom stereocenters. The van der Waals surface area contributed by atoms with E-state index in [4.69, 9.17) is 5.73 Å². The molecule has 8 heteroatoms. The van der Waals surface area contributed by atoms with Crippen molar-refractivity contribution in [3.05, 3.63) is 59.8 Å². The van der Waals surface area contributed by atoms with E-state index < -0.39 is 27.2 Å². The minimum Gasteiger partial charge on any atom is -0.384 e. The highest BCUT2D eigenvalue weighted by Crippen LogP contribution is 2.35. The standard InChI is InChI=1S/C19H22N4O3S/c1-13(2)23-19(24)17(22-11-9-14-8-10-21-16(20)12-14)18(27(23,25)26)15-6-4-3-5-7-15/h3-8,10,12-13,18H,9,11H2,1-2H3,(H2,20,21). The fourth-order valence-electron chi connectivity index (χ4n) is 3.19. The molecule has 1 fully saturated rings. The summed E-state index contributed by atoms with van der Waals surface area (Å²) >= 11 is 0. The van der Waals surface area contributed by atoms with Gasteiger partial charge in [0.1, 0.15) is 11.5 Å². The number of pyridine rings is 1. The Balaban J connectivity index is 1.96. The van der Waals surface area contributed by atoms with Crippen LogP contribution >= 0.6 is 0 Å². The maximum Gasteiger partial charge on any atom is 0.283 e. The van der Waals surface area contributed by atoms with Gasteiger partial charge in [-0.05, 0) is 43.5 Å². The molecule has 3 rings (SSSR count). The van der Waals surface area contributed by atoms with Gasteiger partial charge in [-0.15, -0.1) is 0 Å². The molecule has 1 amide bonds. The second kappa shape index (κ2) is 7.48. The fourth-order valence-corrected chi connectivity index (χ4v) is 5.29. The summed E-state index contributed by atoms with van der Waals surface area (Å²) in [6, 6.07) is 11.8. The molecule has 0 saturated carbocycles. The Bertz CT molecular complexity index is 971. The molecule has 7 nitrogen and oxygen atoms in total. The van der Waals surface area contributed by atoms with Crippen LogP contribution in [0.5, 0.6) is 0 Å². The first-order valence-corrected chi connectivity index (χ1v) is 10.2. The minimum atomic E-state index is -3.86. The first-order chi connectivity index (χ1) is 12.8. The molecule has 27 heavy (non-hydrogen) atoms. The average molecular weight is 386 g/mol. The number of nitrogens with zero attached hydrogens (tertiary/aromatic N) is 3. The molecule has 0 spiro atoms. The summed E-state index contributed by atoms with van der Waals surface area (Å²) in [5, 5.41) is -1.07. The van der Waals surface area contributed by atoms with Crippen LogP contribution in [-0.2, 0) is 21.2 Å². The average Bonchev–Trinajstić information content (AvgIpc) is 2.81. The van der Waals surface area contributed by atoms with Crippen molar-refractivity contribution < 1.29 is 13.2 Å². The van der Waals surface area contributed by atoms with E-state index in [9.17, 15) is 13.2 Å². The van der Waals surface area contributed by atoms with Gasteiger partial charge in [0, 0.05) is 18.8 Å². The number of aliphatic imine (C=N–C) groups is 1. The first-order valence-electron chi connectivity index (χ1n) is 8.69. The molecular formula is C19H22N4O3S. The van der Waals surface area contributed by atoms with Crippen LogP contribution in [-0.4, -0.2) is 41.9 Å². The monoisotopic (exact) mass is 386 g/mol. The molecule has 1 atom stereocenters.